The molecule has 0 atom stereocenters. The number of benzene rings is 2. The van der Waals surface area contributed by atoms with E-state index in [9.17, 15) is 18.4 Å². The standard InChI is InChI=1S/C21H18F2N4O2/c1-12-5-3-4-6-17(12)26-19-18(9-14(11-25-19)20(28)24-2)27-21(29)13-7-15(22)10-16(23)8-13/h3-11H,1-2H3,(H,24,28)(H,25,26)(H,27,29). The molecular formula is C21H18F2N4O2. The lowest BCUT2D eigenvalue weighted by Crippen LogP contribution is -2.20. The van der Waals surface area contributed by atoms with Crippen LogP contribution in [0.2, 0.25) is 0 Å². The summed E-state index contributed by atoms with van der Waals surface area (Å²) in [5.41, 5.74) is 1.89. The predicted molar refractivity (Wildman–Crippen MR) is 106 cm³/mol. The molecule has 3 rings (SSSR count). The Morgan fingerprint density at radius 3 is 2.24 bits per heavy atom. The van der Waals surface area contributed by atoms with E-state index < -0.39 is 23.4 Å². The Bertz CT molecular complexity index is 1070. The molecule has 2 amide bonds. The van der Waals surface area contributed by atoms with Gasteiger partial charge in [-0.1, -0.05) is 18.2 Å². The Morgan fingerprint density at radius 1 is 0.897 bits per heavy atom. The average molecular weight is 396 g/mol. The van der Waals surface area contributed by atoms with Crippen molar-refractivity contribution in [3.63, 3.8) is 0 Å². The van der Waals surface area contributed by atoms with Crippen LogP contribution in [0.25, 0.3) is 0 Å². The molecule has 0 aliphatic heterocycles. The second-order valence-electron chi connectivity index (χ2n) is 6.25. The molecule has 0 saturated heterocycles. The number of nitrogens with one attached hydrogen (secondary N) is 3. The third-order valence-corrected chi connectivity index (χ3v) is 4.15. The van der Waals surface area contributed by atoms with Gasteiger partial charge in [-0.3, -0.25) is 9.59 Å². The summed E-state index contributed by atoms with van der Waals surface area (Å²) in [6.07, 6.45) is 1.36. The van der Waals surface area contributed by atoms with Crippen LogP contribution < -0.4 is 16.0 Å². The van der Waals surface area contributed by atoms with Crippen molar-refractivity contribution in [2.24, 2.45) is 0 Å². The zero-order chi connectivity index (χ0) is 21.0. The first kappa shape index (κ1) is 19.9. The number of pyridine rings is 1. The number of nitrogens with zero attached hydrogens (tertiary/aromatic N) is 1. The molecule has 6 nitrogen and oxygen atoms in total. The van der Waals surface area contributed by atoms with E-state index in [1.165, 1.54) is 19.3 Å². The maximum Gasteiger partial charge on any atom is 0.255 e. The average Bonchev–Trinajstić information content (AvgIpc) is 2.69. The van der Waals surface area contributed by atoms with Crippen molar-refractivity contribution >= 4 is 29.0 Å². The molecule has 0 fully saturated rings. The van der Waals surface area contributed by atoms with Gasteiger partial charge >= 0.3 is 0 Å². The Morgan fingerprint density at radius 2 is 1.59 bits per heavy atom. The number of rotatable bonds is 5. The smallest absolute Gasteiger partial charge is 0.255 e. The van der Waals surface area contributed by atoms with E-state index >= 15 is 0 Å². The zero-order valence-electron chi connectivity index (χ0n) is 15.7. The summed E-state index contributed by atoms with van der Waals surface area (Å²) in [6.45, 7) is 1.90. The van der Waals surface area contributed by atoms with Gasteiger partial charge < -0.3 is 16.0 Å². The monoisotopic (exact) mass is 396 g/mol. The number of para-hydroxylation sites is 1. The van der Waals surface area contributed by atoms with Gasteiger partial charge in [-0.15, -0.1) is 0 Å². The molecule has 1 aromatic heterocycles. The van der Waals surface area contributed by atoms with Crippen LogP contribution in [-0.2, 0) is 0 Å². The number of halogens is 2. The predicted octanol–water partition coefficient (Wildman–Crippen LogP) is 4.02. The highest BCUT2D eigenvalue weighted by molar-refractivity contribution is 6.06. The summed E-state index contributed by atoms with van der Waals surface area (Å²) >= 11 is 0. The van der Waals surface area contributed by atoms with Crippen LogP contribution >= 0.6 is 0 Å². The summed E-state index contributed by atoms with van der Waals surface area (Å²) in [5.74, 6) is -2.60. The highest BCUT2D eigenvalue weighted by Gasteiger charge is 2.16. The van der Waals surface area contributed by atoms with Crippen molar-refractivity contribution in [2.45, 2.75) is 6.92 Å². The third kappa shape index (κ3) is 4.73. The Kier molecular flexibility index (Phi) is 5.82. The van der Waals surface area contributed by atoms with Gasteiger partial charge in [-0.2, -0.15) is 0 Å². The molecule has 0 radical (unpaired) electrons. The number of hydrogen-bond donors (Lipinski definition) is 3. The lowest BCUT2D eigenvalue weighted by molar-refractivity contribution is 0.0961. The summed E-state index contributed by atoms with van der Waals surface area (Å²) < 4.78 is 26.9. The molecule has 0 aliphatic carbocycles. The molecule has 0 spiro atoms. The maximum atomic E-state index is 13.5. The fraction of sp³-hybridized carbons (Fsp3) is 0.0952. The molecule has 2 aromatic carbocycles. The minimum absolute atomic E-state index is 0.184. The minimum Gasteiger partial charge on any atom is -0.355 e. The first-order valence-corrected chi connectivity index (χ1v) is 8.69. The van der Waals surface area contributed by atoms with Gasteiger partial charge in [0.2, 0.25) is 0 Å². The molecule has 0 unspecified atom stereocenters. The summed E-state index contributed by atoms with van der Waals surface area (Å²) in [4.78, 5) is 28.7. The van der Waals surface area contributed by atoms with Crippen LogP contribution in [0.15, 0.2) is 54.7 Å². The number of amides is 2. The normalized spacial score (nSPS) is 10.3. The highest BCUT2D eigenvalue weighted by Crippen LogP contribution is 2.27. The molecule has 0 aliphatic rings. The SMILES string of the molecule is CNC(=O)c1cnc(Nc2ccccc2C)c(NC(=O)c2cc(F)cc(F)c2)c1. The van der Waals surface area contributed by atoms with Crippen LogP contribution in [0.5, 0.6) is 0 Å². The number of aromatic nitrogens is 1. The van der Waals surface area contributed by atoms with Crippen molar-refractivity contribution in [1.82, 2.24) is 10.3 Å². The van der Waals surface area contributed by atoms with E-state index in [-0.39, 0.29) is 22.6 Å². The molecule has 8 heteroatoms. The van der Waals surface area contributed by atoms with E-state index in [1.807, 2.05) is 31.2 Å². The first-order chi connectivity index (χ1) is 13.9. The van der Waals surface area contributed by atoms with E-state index in [4.69, 9.17) is 0 Å². The highest BCUT2D eigenvalue weighted by atomic mass is 19.1. The van der Waals surface area contributed by atoms with Gasteiger partial charge in [0.15, 0.2) is 5.82 Å². The Balaban J connectivity index is 1.98. The van der Waals surface area contributed by atoms with Crippen LogP contribution in [0.4, 0.5) is 26.0 Å². The maximum absolute atomic E-state index is 13.5. The van der Waals surface area contributed by atoms with Gasteiger partial charge in [-0.05, 0) is 36.8 Å². The van der Waals surface area contributed by atoms with Gasteiger partial charge in [0, 0.05) is 30.6 Å². The number of anilines is 3. The van der Waals surface area contributed by atoms with Crippen LogP contribution in [0, 0.1) is 18.6 Å². The van der Waals surface area contributed by atoms with Gasteiger partial charge in [-0.25, -0.2) is 13.8 Å². The molecule has 0 saturated carbocycles. The third-order valence-electron chi connectivity index (χ3n) is 4.15. The van der Waals surface area contributed by atoms with Gasteiger partial charge in [0.05, 0.1) is 11.3 Å². The molecule has 3 aromatic rings. The van der Waals surface area contributed by atoms with Crippen molar-refractivity contribution in [2.75, 3.05) is 17.7 Å². The topological polar surface area (TPSA) is 83.1 Å². The first-order valence-electron chi connectivity index (χ1n) is 8.69. The van der Waals surface area contributed by atoms with Gasteiger partial charge in [0.1, 0.15) is 11.6 Å². The van der Waals surface area contributed by atoms with Crippen LogP contribution in [-0.4, -0.2) is 23.8 Å². The van der Waals surface area contributed by atoms with Crippen molar-refractivity contribution in [1.29, 1.82) is 0 Å². The molecule has 3 N–H and O–H groups in total. The van der Waals surface area contributed by atoms with E-state index in [0.717, 1.165) is 23.4 Å². The molecule has 148 valence electrons. The van der Waals surface area contributed by atoms with Crippen LogP contribution in [0.1, 0.15) is 26.3 Å². The fourth-order valence-corrected chi connectivity index (χ4v) is 2.65. The van der Waals surface area contributed by atoms with Gasteiger partial charge in [0.25, 0.3) is 11.8 Å². The second-order valence-corrected chi connectivity index (χ2v) is 6.25. The minimum atomic E-state index is -0.870. The molecule has 29 heavy (non-hydrogen) atoms. The Hall–Kier alpha value is -3.81. The summed E-state index contributed by atoms with van der Waals surface area (Å²) in [5, 5.41) is 8.14. The number of carbonyl (C=O) groups excluding carboxylic acids is 2. The number of aryl methyl sites for hydroxylation is 1. The van der Waals surface area contributed by atoms with E-state index in [2.05, 4.69) is 20.9 Å². The molecule has 1 heterocycles. The summed E-state index contributed by atoms with van der Waals surface area (Å²) in [7, 11) is 1.47. The number of carbonyl (C=O) groups is 2. The molecule has 0 bridgehead atoms. The Labute approximate surface area is 166 Å². The lowest BCUT2D eigenvalue weighted by atomic mass is 10.1. The second kappa shape index (κ2) is 8.47. The number of hydrogen-bond acceptors (Lipinski definition) is 4. The van der Waals surface area contributed by atoms with Crippen molar-refractivity contribution in [3.05, 3.63) is 83.1 Å². The molecular weight excluding hydrogens is 378 g/mol. The van der Waals surface area contributed by atoms with E-state index in [1.54, 1.807) is 0 Å². The fourth-order valence-electron chi connectivity index (χ4n) is 2.65. The zero-order valence-corrected chi connectivity index (χ0v) is 15.7. The van der Waals surface area contributed by atoms with Crippen LogP contribution in [0.3, 0.4) is 0 Å². The van der Waals surface area contributed by atoms with E-state index in [0.29, 0.717) is 6.07 Å². The summed E-state index contributed by atoms with van der Waals surface area (Å²) in [6, 6.07) is 11.4. The quantitative estimate of drug-likeness (QED) is 0.608. The van der Waals surface area contributed by atoms with Crippen molar-refractivity contribution < 1.29 is 18.4 Å². The lowest BCUT2D eigenvalue weighted by Gasteiger charge is -2.15. The largest absolute Gasteiger partial charge is 0.355 e. The van der Waals surface area contributed by atoms with Crippen molar-refractivity contribution in [3.8, 4) is 0 Å².